The predicted octanol–water partition coefficient (Wildman–Crippen LogP) is 4.60. The molecule has 3 rings (SSSR count). The summed E-state index contributed by atoms with van der Waals surface area (Å²) in [4.78, 5) is 4.89. The third-order valence-corrected chi connectivity index (χ3v) is 5.62. The fraction of sp³-hybridized carbons (Fsp3) is 0.562. The highest BCUT2D eigenvalue weighted by molar-refractivity contribution is 8.14. The van der Waals surface area contributed by atoms with Gasteiger partial charge in [0, 0.05) is 5.75 Å². The first-order valence-corrected chi connectivity index (χ1v) is 8.31. The van der Waals surface area contributed by atoms with Crippen molar-refractivity contribution in [3.05, 3.63) is 29.6 Å². The Kier molecular flexibility index (Phi) is 3.76. The Morgan fingerprint density at radius 2 is 2.10 bits per heavy atom. The molecular weight excluding hydrogens is 271 g/mol. The highest BCUT2D eigenvalue weighted by Crippen LogP contribution is 2.41. The topological polar surface area (TPSA) is 24.4 Å². The number of amidine groups is 1. The minimum Gasteiger partial charge on any atom is -0.332 e. The lowest BCUT2D eigenvalue weighted by atomic mass is 9.79. The van der Waals surface area contributed by atoms with Gasteiger partial charge >= 0.3 is 0 Å². The summed E-state index contributed by atoms with van der Waals surface area (Å²) in [5.41, 5.74) is 1.60. The summed E-state index contributed by atoms with van der Waals surface area (Å²) in [7, 11) is 0. The lowest BCUT2D eigenvalue weighted by molar-refractivity contribution is 0.273. The molecule has 0 aromatic heterocycles. The van der Waals surface area contributed by atoms with Gasteiger partial charge in [-0.25, -0.2) is 4.39 Å². The van der Waals surface area contributed by atoms with Crippen molar-refractivity contribution in [1.29, 1.82) is 0 Å². The van der Waals surface area contributed by atoms with E-state index in [0.717, 1.165) is 22.4 Å². The van der Waals surface area contributed by atoms with Crippen molar-refractivity contribution in [2.75, 3.05) is 11.1 Å². The molecule has 1 N–H and O–H groups in total. The van der Waals surface area contributed by atoms with Gasteiger partial charge < -0.3 is 5.32 Å². The molecule has 1 aliphatic carbocycles. The van der Waals surface area contributed by atoms with Crippen LogP contribution in [0.3, 0.4) is 0 Å². The number of hydrogen-bond acceptors (Lipinski definition) is 3. The van der Waals surface area contributed by atoms with Gasteiger partial charge in [0.05, 0.1) is 11.2 Å². The van der Waals surface area contributed by atoms with Crippen molar-refractivity contribution in [3.8, 4) is 0 Å². The van der Waals surface area contributed by atoms with Crippen molar-refractivity contribution < 1.29 is 4.39 Å². The van der Waals surface area contributed by atoms with Gasteiger partial charge in [0.1, 0.15) is 5.82 Å². The van der Waals surface area contributed by atoms with E-state index in [1.54, 1.807) is 17.8 Å². The van der Waals surface area contributed by atoms with Gasteiger partial charge in [-0.15, -0.1) is 0 Å². The molecule has 20 heavy (non-hydrogen) atoms. The molecule has 1 spiro atoms. The number of nitrogens with one attached hydrogen (secondary N) is 1. The second-order valence-corrected chi connectivity index (χ2v) is 7.13. The van der Waals surface area contributed by atoms with Crippen LogP contribution in [0.25, 0.3) is 0 Å². The van der Waals surface area contributed by atoms with Gasteiger partial charge in [0.15, 0.2) is 5.17 Å². The molecule has 0 bridgehead atoms. The van der Waals surface area contributed by atoms with E-state index >= 15 is 0 Å². The summed E-state index contributed by atoms with van der Waals surface area (Å²) in [6.07, 6.45) is 4.86. The number of hydrogen-bond donors (Lipinski definition) is 1. The Morgan fingerprint density at radius 3 is 2.80 bits per heavy atom. The van der Waals surface area contributed by atoms with Crippen LogP contribution in [0, 0.1) is 18.7 Å². The summed E-state index contributed by atoms with van der Waals surface area (Å²) < 4.78 is 13.9. The zero-order valence-corrected chi connectivity index (χ0v) is 12.9. The average Bonchev–Trinajstić information content (AvgIpc) is 2.81. The molecule has 1 aromatic rings. The molecule has 108 valence electrons. The number of aliphatic imine (C=N–C) groups is 1. The van der Waals surface area contributed by atoms with Crippen LogP contribution >= 0.6 is 11.8 Å². The molecule has 0 saturated heterocycles. The number of para-hydroxylation sites is 1. The number of benzene rings is 1. The van der Waals surface area contributed by atoms with Crippen LogP contribution in [0.2, 0.25) is 0 Å². The van der Waals surface area contributed by atoms with Crippen molar-refractivity contribution in [3.63, 3.8) is 0 Å². The highest BCUT2D eigenvalue weighted by Gasteiger charge is 2.38. The fourth-order valence-corrected chi connectivity index (χ4v) is 4.19. The molecule has 4 heteroatoms. The second-order valence-electron chi connectivity index (χ2n) is 6.17. The normalized spacial score (nSPS) is 29.6. The zero-order valence-electron chi connectivity index (χ0n) is 12.1. The number of aryl methyl sites for hydroxylation is 1. The molecule has 1 saturated carbocycles. The third-order valence-electron chi connectivity index (χ3n) is 4.48. The first kappa shape index (κ1) is 13.9. The number of rotatable bonds is 1. The van der Waals surface area contributed by atoms with Gasteiger partial charge in [-0.2, -0.15) is 0 Å². The van der Waals surface area contributed by atoms with Gasteiger partial charge in [-0.1, -0.05) is 30.8 Å². The molecule has 2 aliphatic rings. The summed E-state index contributed by atoms with van der Waals surface area (Å²) >= 11 is 1.73. The largest absolute Gasteiger partial charge is 0.332 e. The Balaban J connectivity index is 1.76. The van der Waals surface area contributed by atoms with E-state index in [1.165, 1.54) is 31.7 Å². The van der Waals surface area contributed by atoms with E-state index in [1.807, 2.05) is 13.0 Å². The van der Waals surface area contributed by atoms with E-state index in [4.69, 9.17) is 4.99 Å². The number of thioether (sulfide) groups is 1. The number of anilines is 1. The Hall–Kier alpha value is -1.03. The minimum absolute atomic E-state index is 0.110. The molecule has 1 fully saturated rings. The molecule has 1 heterocycles. The third kappa shape index (κ3) is 2.71. The molecule has 1 aliphatic heterocycles. The molecule has 0 unspecified atom stereocenters. The van der Waals surface area contributed by atoms with Crippen molar-refractivity contribution in [2.24, 2.45) is 10.9 Å². The molecule has 1 aromatic carbocycles. The van der Waals surface area contributed by atoms with Crippen LogP contribution in [-0.2, 0) is 0 Å². The summed E-state index contributed by atoms with van der Waals surface area (Å²) in [6, 6.07) is 5.15. The van der Waals surface area contributed by atoms with Crippen LogP contribution in [-0.4, -0.2) is 16.5 Å². The Bertz CT molecular complexity index is 513. The summed E-state index contributed by atoms with van der Waals surface area (Å²) in [5.74, 6) is 1.66. The van der Waals surface area contributed by atoms with E-state index in [-0.39, 0.29) is 11.4 Å². The molecule has 0 atom stereocenters. The van der Waals surface area contributed by atoms with Gasteiger partial charge in [0.25, 0.3) is 0 Å². The monoisotopic (exact) mass is 292 g/mol. The SMILES string of the molecule is Cc1cccc(F)c1NC1=NC2(CCC(C)CC2)CS1. The zero-order chi connectivity index (χ0) is 14.2. The van der Waals surface area contributed by atoms with Crippen LogP contribution in [0.15, 0.2) is 23.2 Å². The lowest BCUT2D eigenvalue weighted by Crippen LogP contribution is -2.32. The van der Waals surface area contributed by atoms with Crippen molar-refractivity contribution in [2.45, 2.75) is 45.1 Å². The maximum absolute atomic E-state index is 13.9. The highest BCUT2D eigenvalue weighted by atomic mass is 32.2. The van der Waals surface area contributed by atoms with Crippen LogP contribution in [0.1, 0.15) is 38.2 Å². The lowest BCUT2D eigenvalue weighted by Gasteiger charge is -2.32. The number of halogens is 1. The van der Waals surface area contributed by atoms with Crippen LogP contribution < -0.4 is 5.32 Å². The molecular formula is C16H21FN2S. The molecule has 0 amide bonds. The van der Waals surface area contributed by atoms with Crippen molar-refractivity contribution in [1.82, 2.24) is 0 Å². The van der Waals surface area contributed by atoms with E-state index in [9.17, 15) is 4.39 Å². The predicted molar refractivity (Wildman–Crippen MR) is 85.0 cm³/mol. The summed E-state index contributed by atoms with van der Waals surface area (Å²) in [6.45, 7) is 4.24. The van der Waals surface area contributed by atoms with E-state index in [2.05, 4.69) is 12.2 Å². The summed E-state index contributed by atoms with van der Waals surface area (Å²) in [5, 5.41) is 4.08. The van der Waals surface area contributed by atoms with Gasteiger partial charge in [0.2, 0.25) is 0 Å². The maximum Gasteiger partial charge on any atom is 0.161 e. The second kappa shape index (κ2) is 5.40. The number of nitrogens with zero attached hydrogens (tertiary/aromatic N) is 1. The molecule has 0 radical (unpaired) electrons. The van der Waals surface area contributed by atoms with Gasteiger partial charge in [-0.3, -0.25) is 4.99 Å². The van der Waals surface area contributed by atoms with E-state index in [0.29, 0.717) is 5.69 Å². The Labute approximate surface area is 124 Å². The van der Waals surface area contributed by atoms with Gasteiger partial charge in [-0.05, 0) is 50.2 Å². The smallest absolute Gasteiger partial charge is 0.161 e. The quantitative estimate of drug-likeness (QED) is 0.818. The Morgan fingerprint density at radius 1 is 1.35 bits per heavy atom. The van der Waals surface area contributed by atoms with Crippen LogP contribution in [0.4, 0.5) is 10.1 Å². The fourth-order valence-electron chi connectivity index (χ4n) is 3.00. The maximum atomic E-state index is 13.9. The molecule has 2 nitrogen and oxygen atoms in total. The van der Waals surface area contributed by atoms with E-state index < -0.39 is 0 Å². The first-order valence-electron chi connectivity index (χ1n) is 7.33. The van der Waals surface area contributed by atoms with Crippen LogP contribution in [0.5, 0.6) is 0 Å². The standard InChI is InChI=1S/C16H21FN2S/c1-11-6-8-16(9-7-11)10-20-15(19-16)18-14-12(2)4-3-5-13(14)17/h3-5,11H,6-10H2,1-2H3,(H,18,19). The first-order chi connectivity index (χ1) is 9.58. The van der Waals surface area contributed by atoms with Crippen molar-refractivity contribution >= 4 is 22.6 Å². The average molecular weight is 292 g/mol. The minimum atomic E-state index is -0.202.